The lowest BCUT2D eigenvalue weighted by Gasteiger charge is -2.07. The van der Waals surface area contributed by atoms with E-state index in [4.69, 9.17) is 18.9 Å². The molecule has 0 aliphatic rings. The van der Waals surface area contributed by atoms with Crippen molar-refractivity contribution in [3.63, 3.8) is 0 Å². The summed E-state index contributed by atoms with van der Waals surface area (Å²) < 4.78 is 22.8. The van der Waals surface area contributed by atoms with Crippen molar-refractivity contribution >= 4 is 35.7 Å². The van der Waals surface area contributed by atoms with Crippen LogP contribution in [0.5, 0.6) is 23.0 Å². The van der Waals surface area contributed by atoms with E-state index in [-0.39, 0.29) is 24.8 Å². The molecule has 0 aliphatic heterocycles. The van der Waals surface area contributed by atoms with Crippen molar-refractivity contribution in [1.29, 1.82) is 0 Å². The molecule has 4 aromatic rings. The first kappa shape index (κ1) is 48.4. The van der Waals surface area contributed by atoms with Gasteiger partial charge in [0.05, 0.1) is 24.6 Å². The number of unbranched alkanes of at least 4 members (excludes halogenated alkanes) is 16. The largest absolute Gasteiger partial charge is 0.494 e. The van der Waals surface area contributed by atoms with Crippen LogP contribution in [-0.2, 0) is 9.59 Å². The molecule has 0 amide bonds. The van der Waals surface area contributed by atoms with Gasteiger partial charge in [-0.25, -0.2) is 0 Å². The molecule has 0 heterocycles. The number of carbonyl (C=O) groups excluding carboxylic acids is 2. The molecule has 0 saturated carbocycles. The maximum atomic E-state index is 12.4. The highest BCUT2D eigenvalue weighted by molar-refractivity contribution is 5.83. The highest BCUT2D eigenvalue weighted by Gasteiger charge is 2.08. The molecule has 0 aliphatic carbocycles. The van der Waals surface area contributed by atoms with Crippen LogP contribution in [0.3, 0.4) is 0 Å². The number of rotatable bonds is 32. The van der Waals surface area contributed by atoms with Crippen LogP contribution in [0.4, 0.5) is 11.4 Å². The van der Waals surface area contributed by atoms with Gasteiger partial charge >= 0.3 is 11.9 Å². The third-order valence-corrected chi connectivity index (χ3v) is 10.4. The van der Waals surface area contributed by atoms with Crippen LogP contribution >= 0.6 is 0 Å². The number of esters is 2. The van der Waals surface area contributed by atoms with Crippen molar-refractivity contribution in [3.05, 3.63) is 108 Å². The number of hydrogen-bond acceptors (Lipinski definition) is 8. The molecule has 0 atom stereocenters. The normalized spacial score (nSPS) is 11.3. The molecular formula is C53H70N2O6. The Labute approximate surface area is 366 Å². The first-order valence-electron chi connectivity index (χ1n) is 23.2. The number of ether oxygens (including phenoxy) is 4. The number of nitrogens with zero attached hydrogens (tertiary/aromatic N) is 2. The van der Waals surface area contributed by atoms with E-state index in [1.807, 2.05) is 72.8 Å². The summed E-state index contributed by atoms with van der Waals surface area (Å²) in [5.41, 5.74) is 3.48. The molecule has 4 rings (SSSR count). The molecule has 8 nitrogen and oxygen atoms in total. The van der Waals surface area contributed by atoms with E-state index in [9.17, 15) is 9.59 Å². The minimum absolute atomic E-state index is 0.275. The van der Waals surface area contributed by atoms with E-state index in [0.717, 1.165) is 60.1 Å². The van der Waals surface area contributed by atoms with E-state index in [1.165, 1.54) is 89.9 Å². The van der Waals surface area contributed by atoms with E-state index >= 15 is 0 Å². The average Bonchev–Trinajstić information content (AvgIpc) is 3.28. The predicted molar refractivity (Wildman–Crippen MR) is 251 cm³/mol. The maximum absolute atomic E-state index is 12.4. The van der Waals surface area contributed by atoms with Crippen LogP contribution in [-0.4, -0.2) is 37.6 Å². The fourth-order valence-corrected chi connectivity index (χ4v) is 6.73. The smallest absolute Gasteiger partial charge is 0.311 e. The molecule has 61 heavy (non-hydrogen) atoms. The molecule has 0 spiro atoms. The molecule has 8 heteroatoms. The summed E-state index contributed by atoms with van der Waals surface area (Å²) in [7, 11) is 0. The minimum Gasteiger partial charge on any atom is -0.494 e. The van der Waals surface area contributed by atoms with Crippen molar-refractivity contribution in [3.8, 4) is 23.0 Å². The lowest BCUT2D eigenvalue weighted by molar-refractivity contribution is -0.134. The van der Waals surface area contributed by atoms with Gasteiger partial charge in [0.2, 0.25) is 0 Å². The molecule has 0 fully saturated rings. The topological polar surface area (TPSA) is 95.8 Å². The van der Waals surface area contributed by atoms with Crippen LogP contribution in [0.15, 0.2) is 107 Å². The lowest BCUT2D eigenvalue weighted by atomic mass is 10.1. The fraction of sp³-hybridized carbons (Fsp3) is 0.472. The number of hydrogen-bond donors (Lipinski definition) is 0. The summed E-state index contributed by atoms with van der Waals surface area (Å²) in [6, 6.07) is 30.2. The van der Waals surface area contributed by atoms with Gasteiger partial charge in [-0.3, -0.25) is 19.6 Å². The van der Waals surface area contributed by atoms with E-state index in [2.05, 4.69) is 23.8 Å². The van der Waals surface area contributed by atoms with E-state index in [1.54, 1.807) is 36.7 Å². The molecule has 0 N–H and O–H groups in total. The summed E-state index contributed by atoms with van der Waals surface area (Å²) in [5, 5.41) is 0. The zero-order chi connectivity index (χ0) is 43.0. The van der Waals surface area contributed by atoms with Gasteiger partial charge in [0.15, 0.2) is 0 Å². The highest BCUT2D eigenvalue weighted by atomic mass is 16.5. The van der Waals surface area contributed by atoms with Gasteiger partial charge in [0.1, 0.15) is 23.0 Å². The first-order valence-corrected chi connectivity index (χ1v) is 23.2. The highest BCUT2D eigenvalue weighted by Crippen LogP contribution is 2.22. The standard InChI is InChI=1S/C53H70N2O6/c1-3-5-7-9-11-13-15-20-40-58-48-36-28-46(29-37-48)54-42-44-24-32-50(33-25-44)60-52(56)22-18-17-19-23-53(57)61-51-34-26-45(27-35-51)43-55-47-30-38-49(39-31-47)59-41-21-16-14-12-10-8-6-4-2/h24-39,42-43H,3-23,40-41H2,1-2H3. The van der Waals surface area contributed by atoms with Crippen LogP contribution in [0.2, 0.25) is 0 Å². The third-order valence-electron chi connectivity index (χ3n) is 10.4. The monoisotopic (exact) mass is 831 g/mol. The zero-order valence-corrected chi connectivity index (χ0v) is 37.0. The Balaban J connectivity index is 1.02. The molecule has 0 bridgehead atoms. The number of carbonyl (C=O) groups is 2. The van der Waals surface area contributed by atoms with Crippen LogP contribution in [0.25, 0.3) is 0 Å². The molecule has 0 radical (unpaired) electrons. The molecule has 328 valence electrons. The summed E-state index contributed by atoms with van der Waals surface area (Å²) in [6.07, 6.45) is 26.6. The van der Waals surface area contributed by atoms with Crippen molar-refractivity contribution in [1.82, 2.24) is 0 Å². The quantitative estimate of drug-likeness (QED) is 0.0210. The second-order valence-corrected chi connectivity index (χ2v) is 15.8. The van der Waals surface area contributed by atoms with E-state index in [0.29, 0.717) is 30.8 Å². The lowest BCUT2D eigenvalue weighted by Crippen LogP contribution is -2.09. The summed E-state index contributed by atoms with van der Waals surface area (Å²) in [4.78, 5) is 34.0. The first-order chi connectivity index (χ1) is 30.0. The SMILES string of the molecule is CCCCCCCCCCOc1ccc(N=Cc2ccc(OC(=O)CCCCCC(=O)Oc3ccc(C=Nc4ccc(OCCCCCCCCCC)cc4)cc3)cc2)cc1. The summed E-state index contributed by atoms with van der Waals surface area (Å²) in [5.74, 6) is 2.11. The Bertz CT molecular complexity index is 1680. The fourth-order valence-electron chi connectivity index (χ4n) is 6.73. The Morgan fingerprint density at radius 1 is 0.393 bits per heavy atom. The average molecular weight is 831 g/mol. The Hall–Kier alpha value is -5.24. The van der Waals surface area contributed by atoms with E-state index < -0.39 is 0 Å². The molecule has 4 aromatic carbocycles. The van der Waals surface area contributed by atoms with Gasteiger partial charge in [-0.2, -0.15) is 0 Å². The number of benzene rings is 4. The van der Waals surface area contributed by atoms with Gasteiger partial charge in [-0.1, -0.05) is 110 Å². The van der Waals surface area contributed by atoms with Crippen molar-refractivity contribution in [2.24, 2.45) is 9.98 Å². The Morgan fingerprint density at radius 3 is 1.07 bits per heavy atom. The Kier molecular flexibility index (Phi) is 24.4. The van der Waals surface area contributed by atoms with Gasteiger partial charge in [0, 0.05) is 25.3 Å². The maximum Gasteiger partial charge on any atom is 0.311 e. The minimum atomic E-state index is -0.298. The number of aliphatic imine (C=N–C) groups is 2. The van der Waals surface area contributed by atoms with Crippen LogP contribution in [0, 0.1) is 0 Å². The second kappa shape index (κ2) is 30.7. The van der Waals surface area contributed by atoms with Crippen molar-refractivity contribution in [2.45, 2.75) is 149 Å². The molecular weight excluding hydrogens is 761 g/mol. The second-order valence-electron chi connectivity index (χ2n) is 15.8. The predicted octanol–water partition coefficient (Wildman–Crippen LogP) is 14.7. The molecule has 0 unspecified atom stereocenters. The summed E-state index contributed by atoms with van der Waals surface area (Å²) >= 11 is 0. The van der Waals surface area contributed by atoms with Crippen molar-refractivity contribution in [2.75, 3.05) is 13.2 Å². The van der Waals surface area contributed by atoms with Crippen molar-refractivity contribution < 1.29 is 28.5 Å². The zero-order valence-electron chi connectivity index (χ0n) is 37.0. The third kappa shape index (κ3) is 22.3. The van der Waals surface area contributed by atoms with Crippen LogP contribution < -0.4 is 18.9 Å². The molecule has 0 saturated heterocycles. The summed E-state index contributed by atoms with van der Waals surface area (Å²) in [6.45, 7) is 5.99. The van der Waals surface area contributed by atoms with Gasteiger partial charge in [-0.05, 0) is 134 Å². The molecule has 0 aromatic heterocycles. The van der Waals surface area contributed by atoms with Crippen LogP contribution in [0.1, 0.15) is 160 Å². The Morgan fingerprint density at radius 2 is 0.705 bits per heavy atom. The van der Waals surface area contributed by atoms with Gasteiger partial charge < -0.3 is 18.9 Å². The van der Waals surface area contributed by atoms with Gasteiger partial charge in [-0.15, -0.1) is 0 Å². The van der Waals surface area contributed by atoms with Gasteiger partial charge in [0.25, 0.3) is 0 Å².